The molecule has 7 nitrogen and oxygen atoms in total. The van der Waals surface area contributed by atoms with Gasteiger partial charge < -0.3 is 10.4 Å². The van der Waals surface area contributed by atoms with Gasteiger partial charge in [-0.3, -0.25) is 4.68 Å². The lowest BCUT2D eigenvalue weighted by molar-refractivity contribution is 0.281. The number of fused-ring (bicyclic) bond motifs is 1. The number of pyridine rings is 1. The average Bonchev–Trinajstić information content (AvgIpc) is 3.06. The third-order valence-corrected chi connectivity index (χ3v) is 4.31. The number of benzene rings is 1. The Morgan fingerprint density at radius 2 is 1.96 bits per heavy atom. The van der Waals surface area contributed by atoms with Crippen LogP contribution in [-0.4, -0.2) is 42.5 Å². The Bertz CT molecular complexity index is 1130. The lowest BCUT2D eigenvalue weighted by Gasteiger charge is -2.13. The number of halogens is 1. The topological polar surface area (TPSA) is 88.8 Å². The number of anilines is 1. The van der Waals surface area contributed by atoms with Gasteiger partial charge >= 0.3 is 0 Å². The maximum absolute atomic E-state index is 13.4. The fourth-order valence-corrected chi connectivity index (χ4v) is 2.94. The molecule has 3 heterocycles. The van der Waals surface area contributed by atoms with Crippen molar-refractivity contribution >= 4 is 17.0 Å². The van der Waals surface area contributed by atoms with Crippen molar-refractivity contribution in [3.8, 4) is 22.5 Å². The predicted molar refractivity (Wildman–Crippen MR) is 105 cm³/mol. The van der Waals surface area contributed by atoms with E-state index in [1.54, 1.807) is 29.1 Å². The van der Waals surface area contributed by atoms with Crippen molar-refractivity contribution < 1.29 is 9.50 Å². The minimum Gasteiger partial charge on any atom is -0.394 e. The summed E-state index contributed by atoms with van der Waals surface area (Å²) in [7, 11) is 1.84. The first-order valence-corrected chi connectivity index (χ1v) is 8.84. The largest absolute Gasteiger partial charge is 0.394 e. The summed E-state index contributed by atoms with van der Waals surface area (Å²) in [4.78, 5) is 13.5. The molecule has 4 aromatic rings. The number of hydrogen-bond donors (Lipinski definition) is 2. The molecule has 0 aliphatic carbocycles. The third kappa shape index (κ3) is 3.54. The minimum absolute atomic E-state index is 0.0301. The monoisotopic (exact) mass is 378 g/mol. The molecule has 0 aliphatic heterocycles. The molecule has 0 spiro atoms. The summed E-state index contributed by atoms with van der Waals surface area (Å²) in [5.41, 5.74) is 3.48. The highest BCUT2D eigenvalue weighted by molar-refractivity contribution is 5.89. The Hall–Kier alpha value is -3.39. The van der Waals surface area contributed by atoms with E-state index in [0.717, 1.165) is 16.5 Å². The van der Waals surface area contributed by atoms with Crippen molar-refractivity contribution in [1.29, 1.82) is 0 Å². The maximum atomic E-state index is 13.4. The summed E-state index contributed by atoms with van der Waals surface area (Å²) in [5, 5.41) is 17.6. The smallest absolute Gasteiger partial charge is 0.223 e. The number of aromatic nitrogens is 5. The summed E-state index contributed by atoms with van der Waals surface area (Å²) in [5.74, 6) is 0.103. The fourth-order valence-electron chi connectivity index (χ4n) is 2.94. The van der Waals surface area contributed by atoms with E-state index >= 15 is 0 Å². The van der Waals surface area contributed by atoms with Gasteiger partial charge in [0.05, 0.1) is 18.0 Å². The van der Waals surface area contributed by atoms with Crippen molar-refractivity contribution in [3.05, 3.63) is 54.6 Å². The van der Waals surface area contributed by atoms with Crippen LogP contribution in [0.2, 0.25) is 0 Å². The van der Waals surface area contributed by atoms with Crippen LogP contribution in [0, 0.1) is 5.82 Å². The molecule has 4 rings (SSSR count). The normalized spacial score (nSPS) is 12.3. The van der Waals surface area contributed by atoms with Gasteiger partial charge in [0.25, 0.3) is 0 Å². The van der Waals surface area contributed by atoms with Gasteiger partial charge in [-0.15, -0.1) is 0 Å². The first kappa shape index (κ1) is 18.0. The zero-order valence-electron chi connectivity index (χ0n) is 15.5. The second kappa shape index (κ2) is 7.32. The first-order valence-electron chi connectivity index (χ1n) is 8.84. The Balaban J connectivity index is 1.88. The van der Waals surface area contributed by atoms with Crippen molar-refractivity contribution in [2.45, 2.75) is 13.0 Å². The Labute approximate surface area is 160 Å². The molecule has 0 saturated heterocycles. The highest BCUT2D eigenvalue weighted by Crippen LogP contribution is 2.32. The average molecular weight is 378 g/mol. The van der Waals surface area contributed by atoms with Gasteiger partial charge in [-0.2, -0.15) is 5.10 Å². The summed E-state index contributed by atoms with van der Waals surface area (Å²) < 4.78 is 15.1. The Morgan fingerprint density at radius 3 is 2.71 bits per heavy atom. The lowest BCUT2D eigenvalue weighted by Crippen LogP contribution is -2.20. The van der Waals surface area contributed by atoms with E-state index < -0.39 is 0 Å². The van der Waals surface area contributed by atoms with Gasteiger partial charge in [-0.05, 0) is 43.3 Å². The molecule has 1 aromatic carbocycles. The van der Waals surface area contributed by atoms with Crippen LogP contribution in [0.3, 0.4) is 0 Å². The number of aliphatic hydroxyl groups is 1. The quantitative estimate of drug-likeness (QED) is 0.555. The molecular weight excluding hydrogens is 359 g/mol. The molecule has 1 atom stereocenters. The lowest BCUT2D eigenvalue weighted by atomic mass is 10.0. The van der Waals surface area contributed by atoms with Crippen molar-refractivity contribution in [3.63, 3.8) is 0 Å². The van der Waals surface area contributed by atoms with E-state index in [4.69, 9.17) is 4.98 Å². The van der Waals surface area contributed by atoms with Gasteiger partial charge in [0, 0.05) is 42.0 Å². The first-order chi connectivity index (χ1) is 13.5. The van der Waals surface area contributed by atoms with Crippen molar-refractivity contribution in [2.24, 2.45) is 7.05 Å². The standard InChI is InChI=1S/C20H19FN6O/c1-12(11-28)23-20-22-8-7-17(24-20)16-9-14-10-27(2)26-19(14)25-18(16)13-3-5-15(21)6-4-13/h3-10,12,28H,11H2,1-2H3,(H,22,23,24). The van der Waals surface area contributed by atoms with Crippen LogP contribution in [0.25, 0.3) is 33.5 Å². The molecule has 1 unspecified atom stereocenters. The van der Waals surface area contributed by atoms with Crippen LogP contribution >= 0.6 is 0 Å². The number of aryl methyl sites for hydroxylation is 1. The predicted octanol–water partition coefficient (Wildman–Crippen LogP) is 3.02. The van der Waals surface area contributed by atoms with Gasteiger partial charge in [-0.1, -0.05) is 0 Å². The number of nitrogens with zero attached hydrogens (tertiary/aromatic N) is 5. The molecule has 2 N–H and O–H groups in total. The van der Waals surface area contributed by atoms with Crippen LogP contribution in [0.1, 0.15) is 6.92 Å². The van der Waals surface area contributed by atoms with Gasteiger partial charge in [0.2, 0.25) is 5.95 Å². The molecule has 0 fully saturated rings. The molecule has 28 heavy (non-hydrogen) atoms. The van der Waals surface area contributed by atoms with Gasteiger partial charge in [0.15, 0.2) is 5.65 Å². The SMILES string of the molecule is CC(CO)Nc1nccc(-c2cc3cn(C)nc3nc2-c2ccc(F)cc2)n1. The van der Waals surface area contributed by atoms with E-state index in [1.165, 1.54) is 12.1 Å². The van der Waals surface area contributed by atoms with Crippen LogP contribution < -0.4 is 5.32 Å². The number of nitrogens with one attached hydrogen (secondary N) is 1. The van der Waals surface area contributed by atoms with E-state index in [0.29, 0.717) is 23.0 Å². The highest BCUT2D eigenvalue weighted by atomic mass is 19.1. The molecule has 0 amide bonds. The Morgan fingerprint density at radius 1 is 1.18 bits per heavy atom. The van der Waals surface area contributed by atoms with Crippen LogP contribution in [0.5, 0.6) is 0 Å². The van der Waals surface area contributed by atoms with Crippen LogP contribution in [0.15, 0.2) is 48.8 Å². The second-order valence-corrected chi connectivity index (χ2v) is 6.60. The zero-order valence-corrected chi connectivity index (χ0v) is 15.5. The van der Waals surface area contributed by atoms with E-state index in [2.05, 4.69) is 20.4 Å². The number of hydrogen-bond acceptors (Lipinski definition) is 6. The fraction of sp³-hybridized carbons (Fsp3) is 0.200. The van der Waals surface area contributed by atoms with Crippen molar-refractivity contribution in [1.82, 2.24) is 24.7 Å². The second-order valence-electron chi connectivity index (χ2n) is 6.60. The summed E-state index contributed by atoms with van der Waals surface area (Å²) in [6, 6.07) is 9.76. The molecular formula is C20H19FN6O. The molecule has 0 saturated carbocycles. The summed E-state index contributed by atoms with van der Waals surface area (Å²) in [6.07, 6.45) is 3.53. The molecule has 0 radical (unpaired) electrons. The molecule has 142 valence electrons. The zero-order chi connectivity index (χ0) is 19.7. The molecule has 8 heteroatoms. The number of rotatable bonds is 5. The summed E-state index contributed by atoms with van der Waals surface area (Å²) >= 11 is 0. The Kier molecular flexibility index (Phi) is 4.70. The van der Waals surface area contributed by atoms with Crippen LogP contribution in [-0.2, 0) is 7.05 Å². The van der Waals surface area contributed by atoms with E-state index in [9.17, 15) is 9.50 Å². The van der Waals surface area contributed by atoms with Gasteiger partial charge in [-0.25, -0.2) is 19.3 Å². The molecule has 0 bridgehead atoms. The van der Waals surface area contributed by atoms with E-state index in [-0.39, 0.29) is 18.5 Å². The van der Waals surface area contributed by atoms with E-state index in [1.807, 2.05) is 26.2 Å². The molecule has 3 aromatic heterocycles. The summed E-state index contributed by atoms with van der Waals surface area (Å²) in [6.45, 7) is 1.81. The molecule has 0 aliphatic rings. The number of aliphatic hydroxyl groups excluding tert-OH is 1. The minimum atomic E-state index is -0.310. The maximum Gasteiger partial charge on any atom is 0.223 e. The van der Waals surface area contributed by atoms with Crippen LogP contribution in [0.4, 0.5) is 10.3 Å². The highest BCUT2D eigenvalue weighted by Gasteiger charge is 2.15. The van der Waals surface area contributed by atoms with Crippen molar-refractivity contribution in [2.75, 3.05) is 11.9 Å². The van der Waals surface area contributed by atoms with Gasteiger partial charge in [0.1, 0.15) is 5.82 Å². The third-order valence-electron chi connectivity index (χ3n) is 4.31.